The van der Waals surface area contributed by atoms with Crippen molar-refractivity contribution in [2.45, 2.75) is 19.9 Å². The summed E-state index contributed by atoms with van der Waals surface area (Å²) in [5.41, 5.74) is 2.18. The van der Waals surface area contributed by atoms with Gasteiger partial charge in [0, 0.05) is 31.9 Å². The van der Waals surface area contributed by atoms with Crippen molar-refractivity contribution in [2.24, 2.45) is 4.99 Å². The predicted octanol–water partition coefficient (Wildman–Crippen LogP) is 2.57. The van der Waals surface area contributed by atoms with Crippen LogP contribution in [-0.2, 0) is 6.54 Å². The van der Waals surface area contributed by atoms with Crippen LogP contribution in [0.25, 0.3) is 5.69 Å². The Morgan fingerprint density at radius 2 is 2.00 bits per heavy atom. The van der Waals surface area contributed by atoms with E-state index in [4.69, 9.17) is 0 Å². The number of hydrogen-bond acceptors (Lipinski definition) is 2. The quantitative estimate of drug-likeness (QED) is 0.462. The average molecular weight is 399 g/mol. The van der Waals surface area contributed by atoms with E-state index in [2.05, 4.69) is 27.6 Å². The number of nitrogens with one attached hydrogen (secondary N) is 2. The Labute approximate surface area is 142 Å². The third-order valence-electron chi connectivity index (χ3n) is 2.88. The van der Waals surface area contributed by atoms with E-state index < -0.39 is 0 Å². The molecule has 0 unspecified atom stereocenters. The lowest BCUT2D eigenvalue weighted by molar-refractivity contribution is 0.781. The Morgan fingerprint density at radius 3 is 2.67 bits per heavy atom. The lowest BCUT2D eigenvalue weighted by Gasteiger charge is -2.09. The molecule has 0 radical (unpaired) electrons. The van der Waals surface area contributed by atoms with Crippen molar-refractivity contribution in [1.29, 1.82) is 0 Å². The van der Waals surface area contributed by atoms with Gasteiger partial charge in [-0.05, 0) is 18.6 Å². The molecule has 2 N–H and O–H groups in total. The van der Waals surface area contributed by atoms with Gasteiger partial charge in [-0.1, -0.05) is 25.1 Å². The van der Waals surface area contributed by atoms with Crippen molar-refractivity contribution in [3.8, 4) is 5.69 Å². The lowest BCUT2D eigenvalue weighted by atomic mass is 10.3. The number of para-hydroxylation sites is 1. The highest BCUT2D eigenvalue weighted by atomic mass is 127. The summed E-state index contributed by atoms with van der Waals surface area (Å²) in [5.74, 6) is 0.819. The van der Waals surface area contributed by atoms with Crippen molar-refractivity contribution in [2.75, 3.05) is 13.6 Å². The number of aromatic nitrogens is 2. The number of benzene rings is 1. The molecule has 1 aromatic heterocycles. The molecule has 0 spiro atoms. The summed E-state index contributed by atoms with van der Waals surface area (Å²) < 4.78 is 1.87. The molecule has 0 saturated carbocycles. The molecule has 2 rings (SSSR count). The first-order valence-electron chi connectivity index (χ1n) is 6.87. The summed E-state index contributed by atoms with van der Waals surface area (Å²) in [4.78, 5) is 4.17. The van der Waals surface area contributed by atoms with Gasteiger partial charge in [0.25, 0.3) is 0 Å². The number of halogens is 1. The molecule has 0 aliphatic carbocycles. The minimum Gasteiger partial charge on any atom is -0.356 e. The van der Waals surface area contributed by atoms with Gasteiger partial charge in [0.2, 0.25) is 0 Å². The van der Waals surface area contributed by atoms with Crippen LogP contribution in [0.5, 0.6) is 0 Å². The molecule has 0 amide bonds. The zero-order valence-corrected chi connectivity index (χ0v) is 14.7. The number of nitrogens with zero attached hydrogens (tertiary/aromatic N) is 3. The number of hydrogen-bond donors (Lipinski definition) is 2. The molecule has 5 nitrogen and oxygen atoms in total. The highest BCUT2D eigenvalue weighted by Gasteiger charge is 2.02. The van der Waals surface area contributed by atoms with Crippen LogP contribution >= 0.6 is 24.0 Å². The van der Waals surface area contributed by atoms with E-state index in [0.29, 0.717) is 6.54 Å². The van der Waals surface area contributed by atoms with E-state index >= 15 is 0 Å². The smallest absolute Gasteiger partial charge is 0.191 e. The molecule has 21 heavy (non-hydrogen) atoms. The minimum atomic E-state index is 0. The molecular weight excluding hydrogens is 377 g/mol. The number of rotatable bonds is 5. The number of aliphatic imine (C=N–C) groups is 1. The molecule has 1 heterocycles. The summed E-state index contributed by atoms with van der Waals surface area (Å²) in [7, 11) is 1.78. The molecule has 0 aliphatic rings. The lowest BCUT2D eigenvalue weighted by Crippen LogP contribution is -2.37. The van der Waals surface area contributed by atoms with Gasteiger partial charge in [0.1, 0.15) is 0 Å². The summed E-state index contributed by atoms with van der Waals surface area (Å²) in [6.07, 6.45) is 4.97. The van der Waals surface area contributed by atoms with E-state index in [1.54, 1.807) is 7.05 Å². The van der Waals surface area contributed by atoms with Gasteiger partial charge in [0.05, 0.1) is 11.9 Å². The summed E-state index contributed by atoms with van der Waals surface area (Å²) in [5, 5.41) is 10.9. The second-order valence-electron chi connectivity index (χ2n) is 4.48. The summed E-state index contributed by atoms with van der Waals surface area (Å²) >= 11 is 0. The molecule has 1 aromatic carbocycles. The second kappa shape index (κ2) is 9.38. The van der Waals surface area contributed by atoms with Gasteiger partial charge in [-0.15, -0.1) is 24.0 Å². The fourth-order valence-electron chi connectivity index (χ4n) is 1.82. The molecule has 114 valence electrons. The first-order valence-corrected chi connectivity index (χ1v) is 6.87. The Hall–Kier alpha value is -1.57. The third kappa shape index (κ3) is 5.37. The first-order chi connectivity index (χ1) is 9.83. The fraction of sp³-hybridized carbons (Fsp3) is 0.333. The summed E-state index contributed by atoms with van der Waals surface area (Å²) in [6.45, 7) is 3.75. The van der Waals surface area contributed by atoms with Gasteiger partial charge in [-0.3, -0.25) is 4.99 Å². The molecule has 0 saturated heterocycles. The highest BCUT2D eigenvalue weighted by molar-refractivity contribution is 14.0. The number of guanidine groups is 1. The van der Waals surface area contributed by atoms with Crippen molar-refractivity contribution >= 4 is 29.9 Å². The molecule has 0 fully saturated rings. The van der Waals surface area contributed by atoms with Gasteiger partial charge >= 0.3 is 0 Å². The van der Waals surface area contributed by atoms with E-state index in [1.165, 1.54) is 0 Å². The van der Waals surface area contributed by atoms with Gasteiger partial charge in [0.15, 0.2) is 5.96 Å². The maximum atomic E-state index is 4.37. The SMILES string of the molecule is CCCNC(=NC)NCc1cnn(-c2ccccc2)c1.I. The van der Waals surface area contributed by atoms with Gasteiger partial charge in [-0.25, -0.2) is 4.68 Å². The minimum absolute atomic E-state index is 0. The molecular formula is C15H22IN5. The van der Waals surface area contributed by atoms with Crippen molar-refractivity contribution in [3.63, 3.8) is 0 Å². The highest BCUT2D eigenvalue weighted by Crippen LogP contribution is 2.07. The monoisotopic (exact) mass is 399 g/mol. The van der Waals surface area contributed by atoms with E-state index in [0.717, 1.165) is 30.2 Å². The Morgan fingerprint density at radius 1 is 1.24 bits per heavy atom. The van der Waals surface area contributed by atoms with E-state index in [-0.39, 0.29) is 24.0 Å². The van der Waals surface area contributed by atoms with Crippen LogP contribution < -0.4 is 10.6 Å². The zero-order chi connectivity index (χ0) is 14.2. The maximum Gasteiger partial charge on any atom is 0.191 e. The normalized spacial score (nSPS) is 10.9. The second-order valence-corrected chi connectivity index (χ2v) is 4.48. The largest absolute Gasteiger partial charge is 0.356 e. The van der Waals surface area contributed by atoms with Crippen molar-refractivity contribution in [3.05, 3.63) is 48.3 Å². The first kappa shape index (κ1) is 17.5. The Balaban J connectivity index is 0.00000220. The third-order valence-corrected chi connectivity index (χ3v) is 2.88. The van der Waals surface area contributed by atoms with Crippen LogP contribution in [0.1, 0.15) is 18.9 Å². The van der Waals surface area contributed by atoms with Crippen LogP contribution in [0.2, 0.25) is 0 Å². The Bertz CT molecular complexity index is 550. The fourth-order valence-corrected chi connectivity index (χ4v) is 1.82. The standard InChI is InChI=1S/C15H21N5.HI/c1-3-9-17-15(16-2)18-10-13-11-19-20(12-13)14-7-5-4-6-8-14;/h4-8,11-12H,3,9-10H2,1-2H3,(H2,16,17,18);1H. The molecule has 0 atom stereocenters. The molecule has 0 aliphatic heterocycles. The molecule has 2 aromatic rings. The van der Waals surface area contributed by atoms with Crippen LogP contribution in [0.3, 0.4) is 0 Å². The average Bonchev–Trinajstić information content (AvgIpc) is 2.97. The zero-order valence-electron chi connectivity index (χ0n) is 12.4. The Kier molecular flexibility index (Phi) is 7.81. The van der Waals surface area contributed by atoms with Gasteiger partial charge < -0.3 is 10.6 Å². The van der Waals surface area contributed by atoms with Gasteiger partial charge in [-0.2, -0.15) is 5.10 Å². The van der Waals surface area contributed by atoms with Crippen LogP contribution in [0, 0.1) is 0 Å². The van der Waals surface area contributed by atoms with E-state index in [1.807, 2.05) is 47.4 Å². The van der Waals surface area contributed by atoms with Crippen molar-refractivity contribution in [1.82, 2.24) is 20.4 Å². The van der Waals surface area contributed by atoms with Crippen molar-refractivity contribution < 1.29 is 0 Å². The van der Waals surface area contributed by atoms with E-state index in [9.17, 15) is 0 Å². The van der Waals surface area contributed by atoms with Crippen LogP contribution in [0.4, 0.5) is 0 Å². The topological polar surface area (TPSA) is 54.2 Å². The molecule has 0 bridgehead atoms. The van der Waals surface area contributed by atoms with Crippen LogP contribution in [-0.4, -0.2) is 29.3 Å². The predicted molar refractivity (Wildman–Crippen MR) is 97.5 cm³/mol. The molecule has 6 heteroatoms. The maximum absolute atomic E-state index is 4.37. The van der Waals surface area contributed by atoms with Crippen LogP contribution in [0.15, 0.2) is 47.7 Å². The summed E-state index contributed by atoms with van der Waals surface area (Å²) in [6, 6.07) is 10.1.